The lowest BCUT2D eigenvalue weighted by Gasteiger charge is -2.06. The Morgan fingerprint density at radius 3 is 2.85 bits per heavy atom. The quantitative estimate of drug-likeness (QED) is 0.378. The molecule has 1 aromatic carbocycles. The number of hydrogen-bond donors (Lipinski definition) is 2. The van der Waals surface area contributed by atoms with Gasteiger partial charge in [-0.1, -0.05) is 6.07 Å². The van der Waals surface area contributed by atoms with Gasteiger partial charge in [0, 0.05) is 12.3 Å². The molecule has 0 spiro atoms. The average Bonchev–Trinajstić information content (AvgIpc) is 2.38. The van der Waals surface area contributed by atoms with Crippen molar-refractivity contribution >= 4 is 11.5 Å². The lowest BCUT2D eigenvalue weighted by atomic mass is 10.2. The summed E-state index contributed by atoms with van der Waals surface area (Å²) in [5, 5.41) is 18.2. The summed E-state index contributed by atoms with van der Waals surface area (Å²) in [5.74, 6) is -0.202. The molecular weight excluding hydrogens is 262 g/mol. The van der Waals surface area contributed by atoms with E-state index < -0.39 is 4.92 Å². The predicted octanol–water partition coefficient (Wildman–Crippen LogP) is 1.77. The zero-order chi connectivity index (χ0) is 14.7. The van der Waals surface area contributed by atoms with Crippen molar-refractivity contribution in [3.8, 4) is 11.8 Å². The molecular formula is C12H11N5O3. The van der Waals surface area contributed by atoms with Gasteiger partial charge >= 0.3 is 11.7 Å². The van der Waals surface area contributed by atoms with Gasteiger partial charge in [-0.2, -0.15) is 4.98 Å². The molecule has 0 radical (unpaired) electrons. The van der Waals surface area contributed by atoms with Gasteiger partial charge < -0.3 is 10.5 Å². The fraction of sp³-hybridized carbons (Fsp3) is 0.0833. The Balaban J connectivity index is 2.39. The minimum atomic E-state index is -0.552. The van der Waals surface area contributed by atoms with Crippen LogP contribution in [0.15, 0.2) is 30.5 Å². The molecule has 1 heterocycles. The van der Waals surface area contributed by atoms with Crippen LogP contribution in [0.25, 0.3) is 0 Å². The van der Waals surface area contributed by atoms with Crippen molar-refractivity contribution in [3.63, 3.8) is 0 Å². The van der Waals surface area contributed by atoms with Crippen LogP contribution in [0, 0.1) is 22.4 Å². The first-order chi connectivity index (χ1) is 9.47. The number of amidine groups is 1. The maximum atomic E-state index is 10.9. The van der Waals surface area contributed by atoms with Gasteiger partial charge in [-0.25, -0.2) is 4.98 Å². The van der Waals surface area contributed by atoms with Crippen molar-refractivity contribution in [3.05, 3.63) is 51.8 Å². The topological polar surface area (TPSA) is 128 Å². The molecule has 0 unspecified atom stereocenters. The van der Waals surface area contributed by atoms with Crippen molar-refractivity contribution < 1.29 is 9.66 Å². The number of nitrogens with zero attached hydrogens (tertiary/aromatic N) is 3. The van der Waals surface area contributed by atoms with Crippen molar-refractivity contribution in [1.29, 1.82) is 5.41 Å². The molecule has 0 saturated heterocycles. The lowest BCUT2D eigenvalue weighted by Crippen LogP contribution is -2.13. The van der Waals surface area contributed by atoms with Gasteiger partial charge in [0.05, 0.1) is 4.92 Å². The van der Waals surface area contributed by atoms with Crippen LogP contribution in [-0.4, -0.2) is 20.7 Å². The molecule has 3 N–H and O–H groups in total. The number of rotatable bonds is 4. The summed E-state index contributed by atoms with van der Waals surface area (Å²) in [4.78, 5) is 18.1. The van der Waals surface area contributed by atoms with Crippen LogP contribution >= 0.6 is 0 Å². The Bertz CT molecular complexity index is 687. The van der Waals surface area contributed by atoms with Gasteiger partial charge in [0.15, 0.2) is 0 Å². The van der Waals surface area contributed by atoms with E-state index in [1.165, 1.54) is 24.4 Å². The maximum absolute atomic E-state index is 10.9. The summed E-state index contributed by atoms with van der Waals surface area (Å²) in [7, 11) is 0. The SMILES string of the molecule is Cc1ccc([N+](=O)[O-])c(Oc2nccc(C(=N)N)n2)c1. The minimum absolute atomic E-state index is 0.0377. The predicted molar refractivity (Wildman–Crippen MR) is 71.0 cm³/mol. The Kier molecular flexibility index (Phi) is 3.56. The number of nitrogens with two attached hydrogens (primary N) is 1. The molecule has 0 saturated carbocycles. The Morgan fingerprint density at radius 2 is 2.20 bits per heavy atom. The first kappa shape index (κ1) is 13.4. The molecule has 1 aromatic heterocycles. The van der Waals surface area contributed by atoms with Crippen LogP contribution in [0.3, 0.4) is 0 Å². The first-order valence-corrected chi connectivity index (χ1v) is 5.57. The second-order valence-electron chi connectivity index (χ2n) is 3.97. The highest BCUT2D eigenvalue weighted by molar-refractivity contribution is 5.92. The lowest BCUT2D eigenvalue weighted by molar-refractivity contribution is -0.385. The third kappa shape index (κ3) is 2.86. The number of aryl methyl sites for hydroxylation is 1. The van der Waals surface area contributed by atoms with E-state index in [4.69, 9.17) is 15.9 Å². The van der Waals surface area contributed by atoms with Gasteiger partial charge in [-0.05, 0) is 24.6 Å². The summed E-state index contributed by atoms with van der Waals surface area (Å²) in [6.07, 6.45) is 1.36. The molecule has 0 bridgehead atoms. The van der Waals surface area contributed by atoms with Crippen LogP contribution in [0.5, 0.6) is 11.8 Å². The smallest absolute Gasteiger partial charge is 0.322 e. The van der Waals surface area contributed by atoms with Crippen LogP contribution in [0.4, 0.5) is 5.69 Å². The Hall–Kier alpha value is -3.03. The fourth-order valence-corrected chi connectivity index (χ4v) is 1.49. The minimum Gasteiger partial charge on any atom is -0.417 e. The van der Waals surface area contributed by atoms with Crippen molar-refractivity contribution in [1.82, 2.24) is 9.97 Å². The Morgan fingerprint density at radius 1 is 1.45 bits per heavy atom. The van der Waals surface area contributed by atoms with E-state index >= 15 is 0 Å². The molecule has 0 amide bonds. The second-order valence-corrected chi connectivity index (χ2v) is 3.97. The molecule has 0 aliphatic carbocycles. The molecule has 0 atom stereocenters. The number of ether oxygens (including phenoxy) is 1. The molecule has 2 rings (SSSR count). The third-order valence-electron chi connectivity index (χ3n) is 2.42. The monoisotopic (exact) mass is 273 g/mol. The van der Waals surface area contributed by atoms with Crippen LogP contribution in [0.1, 0.15) is 11.3 Å². The number of hydrogen-bond acceptors (Lipinski definition) is 6. The summed E-state index contributed by atoms with van der Waals surface area (Å²) in [6.45, 7) is 1.78. The van der Waals surface area contributed by atoms with Gasteiger partial charge in [0.25, 0.3) is 0 Å². The molecule has 8 heteroatoms. The number of nitrogen functional groups attached to an aromatic ring is 1. The molecule has 0 fully saturated rings. The van der Waals surface area contributed by atoms with Crippen molar-refractivity contribution in [2.24, 2.45) is 5.73 Å². The summed E-state index contributed by atoms with van der Waals surface area (Å²) >= 11 is 0. The van der Waals surface area contributed by atoms with E-state index in [0.717, 1.165) is 5.56 Å². The normalized spacial score (nSPS) is 10.1. The van der Waals surface area contributed by atoms with E-state index in [0.29, 0.717) is 0 Å². The number of benzene rings is 1. The third-order valence-corrected chi connectivity index (χ3v) is 2.42. The highest BCUT2D eigenvalue weighted by atomic mass is 16.6. The van der Waals surface area contributed by atoms with E-state index in [2.05, 4.69) is 9.97 Å². The van der Waals surface area contributed by atoms with Crippen LogP contribution in [-0.2, 0) is 0 Å². The molecule has 0 aliphatic heterocycles. The number of nitro benzene ring substituents is 1. The van der Waals surface area contributed by atoms with E-state index in [1.54, 1.807) is 13.0 Å². The van der Waals surface area contributed by atoms with Gasteiger partial charge in [-0.15, -0.1) is 0 Å². The average molecular weight is 273 g/mol. The van der Waals surface area contributed by atoms with E-state index in [1.807, 2.05) is 0 Å². The first-order valence-electron chi connectivity index (χ1n) is 5.57. The van der Waals surface area contributed by atoms with Crippen LogP contribution < -0.4 is 10.5 Å². The number of nitrogens with one attached hydrogen (secondary N) is 1. The number of nitro groups is 1. The molecule has 0 aliphatic rings. The van der Waals surface area contributed by atoms with Gasteiger partial charge in [0.2, 0.25) is 5.75 Å². The van der Waals surface area contributed by atoms with E-state index in [9.17, 15) is 10.1 Å². The molecule has 8 nitrogen and oxygen atoms in total. The second kappa shape index (κ2) is 5.31. The largest absolute Gasteiger partial charge is 0.417 e. The van der Waals surface area contributed by atoms with Gasteiger partial charge in [-0.3, -0.25) is 15.5 Å². The standard InChI is InChI=1S/C12H11N5O3/c1-7-2-3-9(17(18)19)10(6-7)20-12-15-5-4-8(16-12)11(13)14/h2-6H,1H3,(H3,13,14). The molecule has 102 valence electrons. The fourth-order valence-electron chi connectivity index (χ4n) is 1.49. The van der Waals surface area contributed by atoms with Gasteiger partial charge in [0.1, 0.15) is 11.5 Å². The molecule has 2 aromatic rings. The molecule has 20 heavy (non-hydrogen) atoms. The summed E-state index contributed by atoms with van der Waals surface area (Å²) < 4.78 is 5.33. The summed E-state index contributed by atoms with van der Waals surface area (Å²) in [5.41, 5.74) is 6.10. The van der Waals surface area contributed by atoms with Crippen LogP contribution in [0.2, 0.25) is 0 Å². The van der Waals surface area contributed by atoms with Crippen molar-refractivity contribution in [2.75, 3.05) is 0 Å². The van der Waals surface area contributed by atoms with Crippen molar-refractivity contribution in [2.45, 2.75) is 6.92 Å². The Labute approximate surface area is 113 Å². The zero-order valence-corrected chi connectivity index (χ0v) is 10.5. The highest BCUT2D eigenvalue weighted by Gasteiger charge is 2.17. The van der Waals surface area contributed by atoms with E-state index in [-0.39, 0.29) is 29.0 Å². The summed E-state index contributed by atoms with van der Waals surface area (Å²) in [6, 6.07) is 5.81. The maximum Gasteiger partial charge on any atom is 0.322 e. The number of aromatic nitrogens is 2. The zero-order valence-electron chi connectivity index (χ0n) is 10.5. The highest BCUT2D eigenvalue weighted by Crippen LogP contribution is 2.30.